The first kappa shape index (κ1) is 10.9. The van der Waals surface area contributed by atoms with Crippen molar-refractivity contribution in [1.82, 2.24) is 14.9 Å². The van der Waals surface area contributed by atoms with E-state index in [1.807, 2.05) is 0 Å². The second kappa shape index (κ2) is 4.11. The molecule has 1 aromatic heterocycles. The average Bonchev–Trinajstić information content (AvgIpc) is 2.23. The molecule has 1 heterocycles. The first-order chi connectivity index (χ1) is 7.63. The van der Waals surface area contributed by atoms with Crippen LogP contribution in [-0.2, 0) is 6.67 Å². The molecule has 0 saturated carbocycles. The van der Waals surface area contributed by atoms with Crippen LogP contribution in [0.15, 0.2) is 27.8 Å². The molecule has 0 aliphatic rings. The Labute approximate surface area is 95.7 Å². The number of aromatic amines is 1. The fourth-order valence-electron chi connectivity index (χ4n) is 1.53. The molecule has 0 radical (unpaired) electrons. The molecule has 16 heavy (non-hydrogen) atoms. The van der Waals surface area contributed by atoms with Crippen LogP contribution in [-0.4, -0.2) is 16.6 Å². The van der Waals surface area contributed by atoms with Gasteiger partial charge in [0.2, 0.25) is 0 Å². The minimum absolute atomic E-state index is 0.173. The largest absolute Gasteiger partial charge is 0.329 e. The van der Waals surface area contributed by atoms with Crippen molar-refractivity contribution in [1.29, 1.82) is 0 Å². The molecule has 0 atom stereocenters. The standard InChI is InChI=1S/C10H10ClN3O2/c1-12-5-14-9(15)7-3-2-6(11)4-8(7)13-10(14)16/h2-4,12H,5H2,1H3,(H,13,16). The van der Waals surface area contributed by atoms with E-state index in [0.29, 0.717) is 15.9 Å². The molecule has 6 heteroatoms. The van der Waals surface area contributed by atoms with Gasteiger partial charge in [-0.15, -0.1) is 0 Å². The molecular formula is C10H10ClN3O2. The Morgan fingerprint density at radius 2 is 2.19 bits per heavy atom. The van der Waals surface area contributed by atoms with Gasteiger partial charge in [0.25, 0.3) is 5.56 Å². The molecule has 0 fully saturated rings. The van der Waals surface area contributed by atoms with Gasteiger partial charge in [0.05, 0.1) is 17.6 Å². The summed E-state index contributed by atoms with van der Waals surface area (Å²) in [5, 5.41) is 3.68. The molecule has 2 aromatic rings. The molecule has 1 aromatic carbocycles. The normalized spacial score (nSPS) is 10.9. The van der Waals surface area contributed by atoms with Crippen LogP contribution < -0.4 is 16.6 Å². The zero-order valence-corrected chi connectivity index (χ0v) is 9.34. The predicted molar refractivity (Wildman–Crippen MR) is 62.9 cm³/mol. The number of halogens is 1. The van der Waals surface area contributed by atoms with Crippen LogP contribution in [0.3, 0.4) is 0 Å². The number of benzene rings is 1. The lowest BCUT2D eigenvalue weighted by molar-refractivity contribution is 0.574. The maximum atomic E-state index is 11.9. The smallest absolute Gasteiger partial charge is 0.307 e. The third-order valence-corrected chi connectivity index (χ3v) is 2.50. The van der Waals surface area contributed by atoms with E-state index in [1.54, 1.807) is 25.2 Å². The average molecular weight is 240 g/mol. The molecule has 5 nitrogen and oxygen atoms in total. The van der Waals surface area contributed by atoms with Gasteiger partial charge in [-0.1, -0.05) is 11.6 Å². The molecule has 0 unspecified atom stereocenters. The number of H-pyrrole nitrogens is 1. The van der Waals surface area contributed by atoms with Crippen molar-refractivity contribution in [2.45, 2.75) is 6.67 Å². The van der Waals surface area contributed by atoms with E-state index in [0.717, 1.165) is 4.57 Å². The summed E-state index contributed by atoms with van der Waals surface area (Å²) in [4.78, 5) is 26.1. The quantitative estimate of drug-likeness (QED) is 0.803. The first-order valence-electron chi connectivity index (χ1n) is 4.70. The van der Waals surface area contributed by atoms with Gasteiger partial charge in [-0.2, -0.15) is 0 Å². The van der Waals surface area contributed by atoms with Crippen LogP contribution in [0.1, 0.15) is 0 Å². The third-order valence-electron chi connectivity index (χ3n) is 2.26. The Morgan fingerprint density at radius 3 is 2.88 bits per heavy atom. The second-order valence-corrected chi connectivity index (χ2v) is 3.80. The topological polar surface area (TPSA) is 66.9 Å². The van der Waals surface area contributed by atoms with Gasteiger partial charge in [-0.05, 0) is 25.2 Å². The van der Waals surface area contributed by atoms with Gasteiger partial charge in [-0.25, -0.2) is 9.36 Å². The summed E-state index contributed by atoms with van der Waals surface area (Å²) in [6.07, 6.45) is 0. The minimum atomic E-state index is -0.450. The van der Waals surface area contributed by atoms with Gasteiger partial charge in [0.15, 0.2) is 0 Å². The SMILES string of the molecule is CNCn1c(=O)[nH]c2cc(Cl)ccc2c1=O. The van der Waals surface area contributed by atoms with E-state index < -0.39 is 5.69 Å². The van der Waals surface area contributed by atoms with Crippen molar-refractivity contribution in [3.63, 3.8) is 0 Å². The van der Waals surface area contributed by atoms with Crippen molar-refractivity contribution in [3.8, 4) is 0 Å². The van der Waals surface area contributed by atoms with Crippen LogP contribution >= 0.6 is 11.6 Å². The van der Waals surface area contributed by atoms with E-state index in [4.69, 9.17) is 11.6 Å². The van der Waals surface area contributed by atoms with Crippen LogP contribution in [0.25, 0.3) is 10.9 Å². The lowest BCUT2D eigenvalue weighted by Crippen LogP contribution is -2.38. The Bertz CT molecular complexity index is 645. The fraction of sp³-hybridized carbons (Fsp3) is 0.200. The number of hydrogen-bond donors (Lipinski definition) is 2. The Morgan fingerprint density at radius 1 is 1.44 bits per heavy atom. The van der Waals surface area contributed by atoms with E-state index in [-0.39, 0.29) is 12.2 Å². The van der Waals surface area contributed by atoms with Crippen LogP contribution in [0.2, 0.25) is 5.02 Å². The summed E-state index contributed by atoms with van der Waals surface area (Å²) >= 11 is 5.78. The molecule has 84 valence electrons. The van der Waals surface area contributed by atoms with Crippen molar-refractivity contribution in [2.24, 2.45) is 0 Å². The van der Waals surface area contributed by atoms with Gasteiger partial charge >= 0.3 is 5.69 Å². The monoisotopic (exact) mass is 239 g/mol. The van der Waals surface area contributed by atoms with Gasteiger partial charge in [0, 0.05) is 5.02 Å². The summed E-state index contributed by atoms with van der Waals surface area (Å²) in [6, 6.07) is 4.78. The molecule has 0 bridgehead atoms. The van der Waals surface area contributed by atoms with Crippen LogP contribution in [0.4, 0.5) is 0 Å². The van der Waals surface area contributed by atoms with Gasteiger partial charge < -0.3 is 10.3 Å². The third kappa shape index (κ3) is 1.75. The van der Waals surface area contributed by atoms with Crippen LogP contribution in [0.5, 0.6) is 0 Å². The Kier molecular flexibility index (Phi) is 2.80. The zero-order valence-electron chi connectivity index (χ0n) is 8.58. The Balaban J connectivity index is 2.84. The van der Waals surface area contributed by atoms with E-state index in [1.165, 1.54) is 0 Å². The number of nitrogens with zero attached hydrogens (tertiary/aromatic N) is 1. The lowest BCUT2D eigenvalue weighted by atomic mass is 10.2. The van der Waals surface area contributed by atoms with E-state index in [2.05, 4.69) is 10.3 Å². The lowest BCUT2D eigenvalue weighted by Gasteiger charge is -2.05. The molecule has 2 N–H and O–H groups in total. The number of hydrogen-bond acceptors (Lipinski definition) is 3. The summed E-state index contributed by atoms with van der Waals surface area (Å²) in [5.41, 5.74) is -0.325. The molecular weight excluding hydrogens is 230 g/mol. The fourth-order valence-corrected chi connectivity index (χ4v) is 1.70. The molecule has 0 aliphatic carbocycles. The van der Waals surface area contributed by atoms with Crippen molar-refractivity contribution in [2.75, 3.05) is 7.05 Å². The second-order valence-electron chi connectivity index (χ2n) is 3.36. The molecule has 2 rings (SSSR count). The predicted octanol–water partition coefficient (Wildman–Crippen LogP) is 0.520. The summed E-state index contributed by atoms with van der Waals surface area (Å²) in [7, 11) is 1.66. The van der Waals surface area contributed by atoms with Crippen molar-refractivity contribution < 1.29 is 0 Å². The number of rotatable bonds is 2. The minimum Gasteiger partial charge on any atom is -0.307 e. The number of aromatic nitrogens is 2. The maximum Gasteiger partial charge on any atom is 0.329 e. The van der Waals surface area contributed by atoms with Gasteiger partial charge in [0.1, 0.15) is 0 Å². The van der Waals surface area contributed by atoms with Gasteiger partial charge in [-0.3, -0.25) is 4.79 Å². The Hall–Kier alpha value is -1.59. The molecule has 0 amide bonds. The van der Waals surface area contributed by atoms with Crippen molar-refractivity contribution in [3.05, 3.63) is 44.1 Å². The maximum absolute atomic E-state index is 11.9. The molecule has 0 saturated heterocycles. The number of nitrogens with one attached hydrogen (secondary N) is 2. The first-order valence-corrected chi connectivity index (χ1v) is 5.08. The summed E-state index contributed by atoms with van der Waals surface area (Å²) in [6.45, 7) is 0.173. The van der Waals surface area contributed by atoms with E-state index >= 15 is 0 Å². The molecule has 0 spiro atoms. The molecule has 0 aliphatic heterocycles. The zero-order chi connectivity index (χ0) is 11.7. The highest BCUT2D eigenvalue weighted by molar-refractivity contribution is 6.31. The highest BCUT2D eigenvalue weighted by Gasteiger charge is 2.06. The van der Waals surface area contributed by atoms with Crippen LogP contribution in [0, 0.1) is 0 Å². The highest BCUT2D eigenvalue weighted by Crippen LogP contribution is 2.13. The summed E-state index contributed by atoms with van der Waals surface area (Å²) in [5.74, 6) is 0. The summed E-state index contributed by atoms with van der Waals surface area (Å²) < 4.78 is 1.09. The van der Waals surface area contributed by atoms with E-state index in [9.17, 15) is 9.59 Å². The highest BCUT2D eigenvalue weighted by atomic mass is 35.5. The number of fused-ring (bicyclic) bond motifs is 1. The van der Waals surface area contributed by atoms with Crippen molar-refractivity contribution >= 4 is 22.5 Å².